The van der Waals surface area contributed by atoms with E-state index < -0.39 is 6.04 Å². The van der Waals surface area contributed by atoms with Crippen molar-refractivity contribution in [3.05, 3.63) is 101 Å². The second-order valence-electron chi connectivity index (χ2n) is 9.45. The van der Waals surface area contributed by atoms with Crippen LogP contribution >= 0.6 is 23.4 Å². The average molecular weight is 521 g/mol. The number of nitrogens with one attached hydrogen (secondary N) is 1. The SMILES string of the molecule is Cc1ccc(SCC(=O)N(Cc2ccc(Cl)cc2)[C@H](Cc2ccccc2)C(=O)NC2CCCC2)cc1. The zero-order valence-electron chi connectivity index (χ0n) is 20.7. The van der Waals surface area contributed by atoms with Crippen molar-refractivity contribution >= 4 is 35.2 Å². The minimum absolute atomic E-state index is 0.0574. The molecule has 6 heteroatoms. The van der Waals surface area contributed by atoms with Crippen molar-refractivity contribution in [3.8, 4) is 0 Å². The van der Waals surface area contributed by atoms with E-state index in [1.807, 2.05) is 85.8 Å². The van der Waals surface area contributed by atoms with E-state index in [1.165, 1.54) is 17.3 Å². The van der Waals surface area contributed by atoms with Crippen molar-refractivity contribution in [2.75, 3.05) is 5.75 Å². The normalized spacial score (nSPS) is 14.4. The third-order valence-corrected chi connectivity index (χ3v) is 7.87. The summed E-state index contributed by atoms with van der Waals surface area (Å²) in [5.74, 6) is 0.130. The number of rotatable bonds is 10. The maximum Gasteiger partial charge on any atom is 0.243 e. The number of amides is 2. The van der Waals surface area contributed by atoms with E-state index in [0.717, 1.165) is 41.7 Å². The quantitative estimate of drug-likeness (QED) is 0.313. The molecular formula is C30H33ClN2O2S. The number of thioether (sulfide) groups is 1. The summed E-state index contributed by atoms with van der Waals surface area (Å²) in [6.45, 7) is 2.39. The number of hydrogen-bond acceptors (Lipinski definition) is 3. The minimum Gasteiger partial charge on any atom is -0.352 e. The van der Waals surface area contributed by atoms with Gasteiger partial charge in [-0.15, -0.1) is 11.8 Å². The number of nitrogens with zero attached hydrogens (tertiary/aromatic N) is 1. The van der Waals surface area contributed by atoms with Gasteiger partial charge >= 0.3 is 0 Å². The average Bonchev–Trinajstić information content (AvgIpc) is 3.40. The summed E-state index contributed by atoms with van der Waals surface area (Å²) in [6, 6.07) is 25.2. The largest absolute Gasteiger partial charge is 0.352 e. The molecule has 0 bridgehead atoms. The summed E-state index contributed by atoms with van der Waals surface area (Å²) in [5, 5.41) is 3.89. The second kappa shape index (κ2) is 13.0. The fourth-order valence-electron chi connectivity index (χ4n) is 4.57. The first-order chi connectivity index (χ1) is 17.5. The molecule has 1 saturated carbocycles. The van der Waals surface area contributed by atoms with Gasteiger partial charge in [-0.1, -0.05) is 84.6 Å². The van der Waals surface area contributed by atoms with Crippen molar-refractivity contribution in [2.24, 2.45) is 0 Å². The molecule has 0 aliphatic heterocycles. The summed E-state index contributed by atoms with van der Waals surface area (Å²) in [6.07, 6.45) is 4.73. The van der Waals surface area contributed by atoms with Crippen LogP contribution in [0, 0.1) is 6.92 Å². The van der Waals surface area contributed by atoms with Gasteiger partial charge < -0.3 is 10.2 Å². The van der Waals surface area contributed by atoms with E-state index in [-0.39, 0.29) is 23.6 Å². The van der Waals surface area contributed by atoms with Gasteiger partial charge in [0.05, 0.1) is 5.75 Å². The van der Waals surface area contributed by atoms with Crippen LogP contribution in [0.4, 0.5) is 0 Å². The van der Waals surface area contributed by atoms with E-state index in [9.17, 15) is 9.59 Å². The van der Waals surface area contributed by atoms with Gasteiger partial charge in [-0.05, 0) is 55.2 Å². The molecule has 2 amide bonds. The topological polar surface area (TPSA) is 49.4 Å². The minimum atomic E-state index is -0.602. The van der Waals surface area contributed by atoms with Gasteiger partial charge in [0.15, 0.2) is 0 Å². The molecule has 0 unspecified atom stereocenters. The molecule has 3 aromatic rings. The van der Waals surface area contributed by atoms with Crippen LogP contribution in [0.3, 0.4) is 0 Å². The van der Waals surface area contributed by atoms with Crippen molar-refractivity contribution in [2.45, 2.75) is 62.6 Å². The first kappa shape index (κ1) is 26.3. The highest BCUT2D eigenvalue weighted by atomic mass is 35.5. The maximum atomic E-state index is 13.7. The molecule has 4 rings (SSSR count). The summed E-state index contributed by atoms with van der Waals surface area (Å²) >= 11 is 7.61. The molecule has 1 fully saturated rings. The number of carbonyl (C=O) groups is 2. The smallest absolute Gasteiger partial charge is 0.243 e. The molecule has 0 aromatic heterocycles. The number of halogens is 1. The Bertz CT molecular complexity index is 1130. The summed E-state index contributed by atoms with van der Waals surface area (Å²) in [5.41, 5.74) is 3.16. The second-order valence-corrected chi connectivity index (χ2v) is 10.9. The molecule has 188 valence electrons. The van der Waals surface area contributed by atoms with E-state index in [2.05, 4.69) is 5.32 Å². The Labute approximate surface area is 223 Å². The van der Waals surface area contributed by atoms with E-state index >= 15 is 0 Å². The van der Waals surface area contributed by atoms with Crippen LogP contribution in [0.1, 0.15) is 42.4 Å². The molecule has 3 aromatic carbocycles. The molecule has 0 saturated heterocycles. The van der Waals surface area contributed by atoms with E-state index in [4.69, 9.17) is 11.6 Å². The van der Waals surface area contributed by atoms with Gasteiger partial charge in [-0.3, -0.25) is 9.59 Å². The van der Waals surface area contributed by atoms with Gasteiger partial charge in [0.25, 0.3) is 0 Å². The van der Waals surface area contributed by atoms with Crippen molar-refractivity contribution in [1.29, 1.82) is 0 Å². The molecule has 4 nitrogen and oxygen atoms in total. The predicted octanol–water partition coefficient (Wildman–Crippen LogP) is 6.44. The van der Waals surface area contributed by atoms with Crippen LogP contribution < -0.4 is 5.32 Å². The van der Waals surface area contributed by atoms with Crippen molar-refractivity contribution < 1.29 is 9.59 Å². The molecule has 0 spiro atoms. The highest BCUT2D eigenvalue weighted by molar-refractivity contribution is 8.00. The molecular weight excluding hydrogens is 488 g/mol. The first-order valence-electron chi connectivity index (χ1n) is 12.6. The van der Waals surface area contributed by atoms with Gasteiger partial charge in [0, 0.05) is 28.9 Å². The lowest BCUT2D eigenvalue weighted by atomic mass is 10.0. The standard InChI is InChI=1S/C30H33ClN2O2S/c1-22-11-17-27(18-12-22)36-21-29(34)33(20-24-13-15-25(31)16-14-24)28(19-23-7-3-2-4-8-23)30(35)32-26-9-5-6-10-26/h2-4,7-8,11-18,26,28H,5-6,9-10,19-21H2,1H3,(H,32,35)/t28-/m1/s1. The fraction of sp³-hybridized carbons (Fsp3) is 0.333. The van der Waals surface area contributed by atoms with Gasteiger partial charge in [0.2, 0.25) is 11.8 Å². The van der Waals surface area contributed by atoms with Crippen LogP contribution in [0.15, 0.2) is 83.8 Å². The Morgan fingerprint density at radius 2 is 1.61 bits per heavy atom. The predicted molar refractivity (Wildman–Crippen MR) is 148 cm³/mol. The lowest BCUT2D eigenvalue weighted by Gasteiger charge is -2.32. The highest BCUT2D eigenvalue weighted by Crippen LogP contribution is 2.23. The Morgan fingerprint density at radius 3 is 2.28 bits per heavy atom. The number of aryl methyl sites for hydroxylation is 1. The van der Waals surface area contributed by atoms with Crippen LogP contribution in [0.5, 0.6) is 0 Å². The number of benzene rings is 3. The zero-order chi connectivity index (χ0) is 25.3. The fourth-order valence-corrected chi connectivity index (χ4v) is 5.48. The molecule has 0 heterocycles. The van der Waals surface area contributed by atoms with Crippen LogP contribution in [0.2, 0.25) is 5.02 Å². The highest BCUT2D eigenvalue weighted by Gasteiger charge is 2.32. The lowest BCUT2D eigenvalue weighted by molar-refractivity contribution is -0.139. The summed E-state index contributed by atoms with van der Waals surface area (Å²) < 4.78 is 0. The van der Waals surface area contributed by atoms with Gasteiger partial charge in [-0.25, -0.2) is 0 Å². The first-order valence-corrected chi connectivity index (χ1v) is 13.9. The zero-order valence-corrected chi connectivity index (χ0v) is 22.2. The van der Waals surface area contributed by atoms with E-state index in [1.54, 1.807) is 4.90 Å². The number of hydrogen-bond donors (Lipinski definition) is 1. The summed E-state index contributed by atoms with van der Waals surface area (Å²) in [4.78, 5) is 30.2. The molecule has 1 atom stereocenters. The van der Waals surface area contributed by atoms with Crippen molar-refractivity contribution in [1.82, 2.24) is 10.2 Å². The Kier molecular flexibility index (Phi) is 9.48. The molecule has 1 aliphatic rings. The third kappa shape index (κ3) is 7.62. The molecule has 0 radical (unpaired) electrons. The van der Waals surface area contributed by atoms with Crippen LogP contribution in [-0.4, -0.2) is 34.6 Å². The molecule has 1 aliphatic carbocycles. The Hall–Kier alpha value is -2.76. The lowest BCUT2D eigenvalue weighted by Crippen LogP contribution is -2.52. The third-order valence-electron chi connectivity index (χ3n) is 6.62. The monoisotopic (exact) mass is 520 g/mol. The maximum absolute atomic E-state index is 13.7. The Morgan fingerprint density at radius 1 is 0.944 bits per heavy atom. The number of carbonyl (C=O) groups excluding carboxylic acids is 2. The van der Waals surface area contributed by atoms with Gasteiger partial charge in [-0.2, -0.15) is 0 Å². The summed E-state index contributed by atoms with van der Waals surface area (Å²) in [7, 11) is 0. The van der Waals surface area contributed by atoms with Crippen molar-refractivity contribution in [3.63, 3.8) is 0 Å². The van der Waals surface area contributed by atoms with E-state index in [0.29, 0.717) is 18.0 Å². The van der Waals surface area contributed by atoms with Crippen LogP contribution in [-0.2, 0) is 22.6 Å². The molecule has 36 heavy (non-hydrogen) atoms. The molecule has 1 N–H and O–H groups in total. The Balaban J connectivity index is 1.59. The van der Waals surface area contributed by atoms with Crippen LogP contribution in [0.25, 0.3) is 0 Å². The van der Waals surface area contributed by atoms with Gasteiger partial charge in [0.1, 0.15) is 6.04 Å².